The maximum atomic E-state index is 8.35. The molecule has 2 N–H and O–H groups in total. The molecule has 0 amide bonds. The van der Waals surface area contributed by atoms with Crippen molar-refractivity contribution in [3.63, 3.8) is 0 Å². The summed E-state index contributed by atoms with van der Waals surface area (Å²) in [5.74, 6) is 0.522. The number of nitrogens with zero attached hydrogens (tertiary/aromatic N) is 2. The maximum absolute atomic E-state index is 8.35. The molecule has 0 atom stereocenters. The monoisotopic (exact) mass is 175 g/mol. The van der Waals surface area contributed by atoms with Gasteiger partial charge >= 0.3 is 0 Å². The Bertz CT molecular complexity index is 348. The van der Waals surface area contributed by atoms with Gasteiger partial charge in [-0.2, -0.15) is 5.26 Å². The highest BCUT2D eigenvalue weighted by Crippen LogP contribution is 2.11. The molecule has 66 valence electrons. The second-order valence-electron chi connectivity index (χ2n) is 2.32. The van der Waals surface area contributed by atoms with Crippen LogP contribution in [0.25, 0.3) is 5.70 Å². The third-order valence-corrected chi connectivity index (χ3v) is 1.50. The molecule has 1 aromatic rings. The van der Waals surface area contributed by atoms with E-state index in [0.717, 1.165) is 0 Å². The summed E-state index contributed by atoms with van der Waals surface area (Å²) in [7, 11) is 1.54. The average Bonchev–Trinajstić information content (AvgIpc) is 2.18. The molecule has 0 spiro atoms. The molecule has 0 radical (unpaired) electrons. The van der Waals surface area contributed by atoms with Crippen LogP contribution in [0.2, 0.25) is 0 Å². The van der Waals surface area contributed by atoms with Gasteiger partial charge in [-0.1, -0.05) is 0 Å². The Kier molecular flexibility index (Phi) is 2.87. The van der Waals surface area contributed by atoms with Crippen LogP contribution in [0.4, 0.5) is 0 Å². The minimum atomic E-state index is 0.401. The third-order valence-electron chi connectivity index (χ3n) is 1.50. The smallest absolute Gasteiger partial charge is 0.212 e. The molecule has 0 fully saturated rings. The summed E-state index contributed by atoms with van der Waals surface area (Å²) in [5.41, 5.74) is 6.67. The fourth-order valence-electron chi connectivity index (χ4n) is 0.825. The predicted molar refractivity (Wildman–Crippen MR) is 48.6 cm³/mol. The second kappa shape index (κ2) is 4.12. The molecule has 0 aliphatic heterocycles. The van der Waals surface area contributed by atoms with Crippen LogP contribution < -0.4 is 10.5 Å². The lowest BCUT2D eigenvalue weighted by atomic mass is 10.2. The average molecular weight is 175 g/mol. The Morgan fingerprint density at radius 2 is 2.46 bits per heavy atom. The fourth-order valence-corrected chi connectivity index (χ4v) is 0.825. The first kappa shape index (κ1) is 9.07. The van der Waals surface area contributed by atoms with Crippen LogP contribution in [0.1, 0.15) is 5.56 Å². The Morgan fingerprint density at radius 1 is 1.69 bits per heavy atom. The van der Waals surface area contributed by atoms with E-state index in [2.05, 4.69) is 4.98 Å². The molecule has 0 unspecified atom stereocenters. The van der Waals surface area contributed by atoms with Crippen molar-refractivity contribution in [3.8, 4) is 11.9 Å². The van der Waals surface area contributed by atoms with E-state index in [9.17, 15) is 0 Å². The molecule has 0 aromatic carbocycles. The molecule has 4 nitrogen and oxygen atoms in total. The molecule has 0 aliphatic carbocycles. The Balaban J connectivity index is 2.94. The second-order valence-corrected chi connectivity index (χ2v) is 2.32. The van der Waals surface area contributed by atoms with Crippen molar-refractivity contribution in [1.82, 2.24) is 4.98 Å². The largest absolute Gasteiger partial charge is 0.481 e. The molecule has 0 aliphatic rings. The lowest BCUT2D eigenvalue weighted by Gasteiger charge is -2.00. The van der Waals surface area contributed by atoms with Gasteiger partial charge in [0.25, 0.3) is 0 Å². The van der Waals surface area contributed by atoms with Crippen molar-refractivity contribution in [3.05, 3.63) is 30.0 Å². The Hall–Kier alpha value is -2.02. The number of rotatable bonds is 2. The topological polar surface area (TPSA) is 71.9 Å². The zero-order chi connectivity index (χ0) is 9.68. The first-order chi connectivity index (χ1) is 6.27. The normalized spacial score (nSPS) is 10.6. The summed E-state index contributed by atoms with van der Waals surface area (Å²) in [6, 6.07) is 5.28. The molecule has 0 saturated heterocycles. The third kappa shape index (κ3) is 2.20. The maximum Gasteiger partial charge on any atom is 0.212 e. The molecule has 0 bridgehead atoms. The minimum absolute atomic E-state index is 0.401. The van der Waals surface area contributed by atoms with E-state index in [4.69, 9.17) is 15.7 Å². The molecule has 0 saturated carbocycles. The summed E-state index contributed by atoms with van der Waals surface area (Å²) < 4.78 is 4.87. The number of nitrogens with two attached hydrogens (primary N) is 1. The van der Waals surface area contributed by atoms with Crippen LogP contribution in [0, 0.1) is 11.3 Å². The summed E-state index contributed by atoms with van der Waals surface area (Å²) in [4.78, 5) is 3.95. The number of ether oxygens (including phenoxy) is 1. The number of nitriles is 1. The van der Waals surface area contributed by atoms with Gasteiger partial charge in [-0.15, -0.1) is 0 Å². The van der Waals surface area contributed by atoms with Crippen molar-refractivity contribution < 1.29 is 4.74 Å². The van der Waals surface area contributed by atoms with E-state index >= 15 is 0 Å². The lowest BCUT2D eigenvalue weighted by molar-refractivity contribution is 0.398. The Morgan fingerprint density at radius 3 is 2.92 bits per heavy atom. The Labute approximate surface area is 76.3 Å². The number of aromatic nitrogens is 1. The zero-order valence-corrected chi connectivity index (χ0v) is 7.19. The van der Waals surface area contributed by atoms with Crippen molar-refractivity contribution >= 4 is 5.70 Å². The van der Waals surface area contributed by atoms with Gasteiger partial charge in [0.1, 0.15) is 0 Å². The molecular formula is C9H9N3O. The zero-order valence-electron chi connectivity index (χ0n) is 7.19. The van der Waals surface area contributed by atoms with E-state index in [-0.39, 0.29) is 0 Å². The van der Waals surface area contributed by atoms with Gasteiger partial charge < -0.3 is 10.5 Å². The number of methoxy groups -OCH3 is 1. The van der Waals surface area contributed by atoms with Crippen LogP contribution in [0.5, 0.6) is 5.88 Å². The highest BCUT2D eigenvalue weighted by Gasteiger charge is 1.97. The minimum Gasteiger partial charge on any atom is -0.481 e. The van der Waals surface area contributed by atoms with E-state index in [1.54, 1.807) is 18.3 Å². The molecule has 13 heavy (non-hydrogen) atoms. The molecular weight excluding hydrogens is 166 g/mol. The van der Waals surface area contributed by atoms with E-state index in [1.807, 2.05) is 6.07 Å². The highest BCUT2D eigenvalue weighted by atomic mass is 16.5. The summed E-state index contributed by atoms with van der Waals surface area (Å²) in [6.07, 6.45) is 2.82. The number of pyridine rings is 1. The molecule has 1 heterocycles. The van der Waals surface area contributed by atoms with Crippen molar-refractivity contribution in [1.29, 1.82) is 5.26 Å². The first-order valence-electron chi connectivity index (χ1n) is 3.63. The fraction of sp³-hybridized carbons (Fsp3) is 0.111. The first-order valence-corrected chi connectivity index (χ1v) is 3.63. The van der Waals surface area contributed by atoms with Gasteiger partial charge in [-0.25, -0.2) is 4.98 Å². The lowest BCUT2D eigenvalue weighted by Crippen LogP contribution is -1.97. The van der Waals surface area contributed by atoms with Gasteiger partial charge in [-0.05, 0) is 6.07 Å². The standard InChI is InChI=1S/C9H9N3O/c1-13-9-3-2-7(6-12-9)8(11)4-5-10/h2-4,6H,11H2,1H3. The van der Waals surface area contributed by atoms with Crippen LogP contribution in [-0.2, 0) is 0 Å². The van der Waals surface area contributed by atoms with Crippen molar-refractivity contribution in [2.75, 3.05) is 7.11 Å². The quantitative estimate of drug-likeness (QED) is 0.678. The predicted octanol–water partition coefficient (Wildman–Crippen LogP) is 0.913. The van der Waals surface area contributed by atoms with Gasteiger partial charge in [0.05, 0.1) is 18.9 Å². The van der Waals surface area contributed by atoms with Crippen molar-refractivity contribution in [2.45, 2.75) is 0 Å². The van der Waals surface area contributed by atoms with Crippen molar-refractivity contribution in [2.24, 2.45) is 5.73 Å². The van der Waals surface area contributed by atoms with Crippen LogP contribution in [0.15, 0.2) is 24.4 Å². The molecule has 1 aromatic heterocycles. The van der Waals surface area contributed by atoms with Gasteiger partial charge in [0.2, 0.25) is 5.88 Å². The van der Waals surface area contributed by atoms with E-state index in [1.165, 1.54) is 13.2 Å². The summed E-state index contributed by atoms with van der Waals surface area (Å²) >= 11 is 0. The number of hydrogen-bond donors (Lipinski definition) is 1. The van der Waals surface area contributed by atoms with E-state index in [0.29, 0.717) is 17.1 Å². The molecule has 1 rings (SSSR count). The number of allylic oxidation sites excluding steroid dienone is 1. The van der Waals surface area contributed by atoms with E-state index < -0.39 is 0 Å². The van der Waals surface area contributed by atoms with Gasteiger partial charge in [0.15, 0.2) is 0 Å². The van der Waals surface area contributed by atoms with Crippen LogP contribution in [0.3, 0.4) is 0 Å². The number of hydrogen-bond acceptors (Lipinski definition) is 4. The van der Waals surface area contributed by atoms with Gasteiger partial charge in [0, 0.05) is 23.9 Å². The molecule has 4 heteroatoms. The SMILES string of the molecule is COc1ccc(C(N)=CC#N)cn1. The summed E-state index contributed by atoms with van der Waals surface area (Å²) in [5, 5.41) is 8.35. The van der Waals surface area contributed by atoms with Crippen LogP contribution in [-0.4, -0.2) is 12.1 Å². The van der Waals surface area contributed by atoms with Gasteiger partial charge in [-0.3, -0.25) is 0 Å². The van der Waals surface area contributed by atoms with Crippen LogP contribution >= 0.6 is 0 Å². The highest BCUT2D eigenvalue weighted by molar-refractivity contribution is 5.64. The summed E-state index contributed by atoms with van der Waals surface area (Å²) in [6.45, 7) is 0.